The molecule has 0 radical (unpaired) electrons. The van der Waals surface area contributed by atoms with Crippen molar-refractivity contribution in [2.24, 2.45) is 0 Å². The van der Waals surface area contributed by atoms with Crippen molar-refractivity contribution in [2.45, 2.75) is 45.8 Å². The van der Waals surface area contributed by atoms with Crippen LogP contribution in [0.4, 0.5) is 24.7 Å². The number of carbonyl (C=O) groups is 1. The number of aryl methyl sites for hydroxylation is 3. The average Bonchev–Trinajstić information content (AvgIpc) is 3.30. The van der Waals surface area contributed by atoms with E-state index in [0.717, 1.165) is 23.4 Å². The summed E-state index contributed by atoms with van der Waals surface area (Å²) in [6, 6.07) is 3.23. The van der Waals surface area contributed by atoms with E-state index in [0.29, 0.717) is 30.3 Å². The monoisotopic (exact) mass is 435 g/mol. The number of rotatable bonds is 5. The SMILES string of the molecule is Cc1cc2c(nc1NC(=O)c1ncoc1C)CCCN2Cc1cc(CC(F)(F)F)no1. The summed E-state index contributed by atoms with van der Waals surface area (Å²) in [5, 5.41) is 6.29. The van der Waals surface area contributed by atoms with Gasteiger partial charge in [0, 0.05) is 12.6 Å². The molecule has 164 valence electrons. The Bertz CT molecular complexity index is 1110. The fourth-order valence-corrected chi connectivity index (χ4v) is 3.54. The Balaban J connectivity index is 1.52. The first-order chi connectivity index (χ1) is 14.7. The number of fused-ring (bicyclic) bond motifs is 1. The molecule has 1 N–H and O–H groups in total. The van der Waals surface area contributed by atoms with E-state index < -0.39 is 18.5 Å². The first-order valence-electron chi connectivity index (χ1n) is 9.68. The number of anilines is 2. The predicted molar refractivity (Wildman–Crippen MR) is 104 cm³/mol. The van der Waals surface area contributed by atoms with Crippen molar-refractivity contribution in [2.75, 3.05) is 16.8 Å². The number of halogens is 3. The van der Waals surface area contributed by atoms with Gasteiger partial charge in [0.2, 0.25) is 0 Å². The van der Waals surface area contributed by atoms with Gasteiger partial charge in [-0.2, -0.15) is 13.2 Å². The van der Waals surface area contributed by atoms with Gasteiger partial charge >= 0.3 is 6.18 Å². The first kappa shape index (κ1) is 20.9. The number of nitrogens with one attached hydrogen (secondary N) is 1. The zero-order chi connectivity index (χ0) is 22.2. The van der Waals surface area contributed by atoms with Gasteiger partial charge in [-0.25, -0.2) is 9.97 Å². The number of aromatic nitrogens is 3. The number of alkyl halides is 3. The summed E-state index contributed by atoms with van der Waals surface area (Å²) in [5.74, 6) is 0.785. The van der Waals surface area contributed by atoms with Gasteiger partial charge in [-0.15, -0.1) is 0 Å². The first-order valence-corrected chi connectivity index (χ1v) is 9.68. The van der Waals surface area contributed by atoms with Crippen molar-refractivity contribution in [3.05, 3.63) is 52.7 Å². The van der Waals surface area contributed by atoms with Crippen LogP contribution in [-0.2, 0) is 19.4 Å². The molecule has 4 rings (SSSR count). The summed E-state index contributed by atoms with van der Waals surface area (Å²) < 4.78 is 47.8. The summed E-state index contributed by atoms with van der Waals surface area (Å²) in [5.41, 5.74) is 2.44. The highest BCUT2D eigenvalue weighted by Crippen LogP contribution is 2.31. The molecule has 4 heterocycles. The summed E-state index contributed by atoms with van der Waals surface area (Å²) in [6.45, 7) is 4.45. The lowest BCUT2D eigenvalue weighted by atomic mass is 10.1. The van der Waals surface area contributed by atoms with Crippen molar-refractivity contribution >= 4 is 17.4 Å². The van der Waals surface area contributed by atoms with Gasteiger partial charge in [0.15, 0.2) is 17.8 Å². The molecule has 8 nitrogen and oxygen atoms in total. The molecule has 0 unspecified atom stereocenters. The van der Waals surface area contributed by atoms with Crippen LogP contribution in [0.3, 0.4) is 0 Å². The Labute approximate surface area is 175 Å². The minimum absolute atomic E-state index is 0.143. The maximum atomic E-state index is 12.6. The van der Waals surface area contributed by atoms with E-state index in [1.54, 1.807) is 6.92 Å². The van der Waals surface area contributed by atoms with Gasteiger partial charge in [-0.1, -0.05) is 5.16 Å². The molecule has 0 saturated heterocycles. The van der Waals surface area contributed by atoms with E-state index >= 15 is 0 Å². The number of pyridine rings is 1. The van der Waals surface area contributed by atoms with E-state index in [9.17, 15) is 18.0 Å². The molecule has 1 amide bonds. The number of hydrogen-bond acceptors (Lipinski definition) is 7. The summed E-state index contributed by atoms with van der Waals surface area (Å²) in [6.07, 6.45) is -2.73. The van der Waals surface area contributed by atoms with Crippen molar-refractivity contribution in [3.63, 3.8) is 0 Å². The zero-order valence-corrected chi connectivity index (χ0v) is 16.9. The van der Waals surface area contributed by atoms with Crippen molar-refractivity contribution in [1.82, 2.24) is 15.1 Å². The summed E-state index contributed by atoms with van der Waals surface area (Å²) in [7, 11) is 0. The summed E-state index contributed by atoms with van der Waals surface area (Å²) >= 11 is 0. The lowest BCUT2D eigenvalue weighted by molar-refractivity contribution is -0.128. The average molecular weight is 435 g/mol. The van der Waals surface area contributed by atoms with Crippen molar-refractivity contribution in [1.29, 1.82) is 0 Å². The molecule has 3 aromatic rings. The second kappa shape index (κ2) is 8.05. The molecule has 0 saturated carbocycles. The molecule has 0 aliphatic carbocycles. The van der Waals surface area contributed by atoms with Crippen LogP contribution >= 0.6 is 0 Å². The predicted octanol–water partition coefficient (Wildman–Crippen LogP) is 3.98. The molecule has 31 heavy (non-hydrogen) atoms. The molecule has 11 heteroatoms. The molecular weight excluding hydrogens is 415 g/mol. The van der Waals surface area contributed by atoms with Crippen LogP contribution in [0.25, 0.3) is 0 Å². The van der Waals surface area contributed by atoms with Crippen molar-refractivity contribution in [3.8, 4) is 0 Å². The van der Waals surface area contributed by atoms with Crippen LogP contribution in [-0.4, -0.2) is 33.8 Å². The second-order valence-electron chi connectivity index (χ2n) is 7.43. The molecule has 0 aromatic carbocycles. The number of hydrogen-bond donors (Lipinski definition) is 1. The fourth-order valence-electron chi connectivity index (χ4n) is 3.54. The van der Waals surface area contributed by atoms with Gasteiger partial charge in [-0.3, -0.25) is 4.79 Å². The minimum atomic E-state index is -4.34. The fraction of sp³-hybridized carbons (Fsp3) is 0.400. The molecule has 1 aliphatic heterocycles. The van der Waals surface area contributed by atoms with Gasteiger partial charge in [0.25, 0.3) is 5.91 Å². The third-order valence-electron chi connectivity index (χ3n) is 4.98. The second-order valence-corrected chi connectivity index (χ2v) is 7.43. The smallest absolute Gasteiger partial charge is 0.394 e. The number of nitrogens with zero attached hydrogens (tertiary/aromatic N) is 4. The van der Waals surface area contributed by atoms with Crippen molar-refractivity contribution < 1.29 is 26.9 Å². The lowest BCUT2D eigenvalue weighted by Gasteiger charge is -2.30. The van der Waals surface area contributed by atoms with Crippen LogP contribution < -0.4 is 10.2 Å². The minimum Gasteiger partial charge on any atom is -0.448 e. The molecule has 0 fully saturated rings. The van der Waals surface area contributed by atoms with Crippen LogP contribution in [0.2, 0.25) is 0 Å². The standard InChI is InChI=1S/C20H20F3N5O3/c1-11-6-16-15(25-18(11)26-19(29)17-12(2)30-10-24-17)4-3-5-28(16)9-14-7-13(27-31-14)8-20(21,22)23/h6-7,10H,3-5,8-9H2,1-2H3,(H,25,26,29). The number of carbonyl (C=O) groups excluding carboxylic acids is 1. The molecule has 0 spiro atoms. The lowest BCUT2D eigenvalue weighted by Crippen LogP contribution is -2.30. The molecule has 0 bridgehead atoms. The quantitative estimate of drug-likeness (QED) is 0.647. The Morgan fingerprint density at radius 3 is 2.81 bits per heavy atom. The molecular formula is C20H20F3N5O3. The van der Waals surface area contributed by atoms with E-state index in [-0.39, 0.29) is 17.9 Å². The largest absolute Gasteiger partial charge is 0.448 e. The van der Waals surface area contributed by atoms with Crippen LogP contribution in [0, 0.1) is 13.8 Å². The summed E-state index contributed by atoms with van der Waals surface area (Å²) in [4.78, 5) is 23.0. The maximum absolute atomic E-state index is 12.6. The van der Waals surface area contributed by atoms with E-state index in [4.69, 9.17) is 8.94 Å². The van der Waals surface area contributed by atoms with E-state index in [1.165, 1.54) is 12.5 Å². The Kier molecular flexibility index (Phi) is 5.42. The van der Waals surface area contributed by atoms with Gasteiger partial charge < -0.3 is 19.2 Å². The van der Waals surface area contributed by atoms with E-state index in [2.05, 4.69) is 20.4 Å². The molecule has 0 atom stereocenters. The zero-order valence-electron chi connectivity index (χ0n) is 16.9. The number of oxazole rings is 1. The normalized spacial score (nSPS) is 13.9. The maximum Gasteiger partial charge on any atom is 0.394 e. The molecule has 3 aromatic heterocycles. The Morgan fingerprint density at radius 1 is 1.29 bits per heavy atom. The van der Waals surface area contributed by atoms with Crippen LogP contribution in [0.5, 0.6) is 0 Å². The highest BCUT2D eigenvalue weighted by molar-refractivity contribution is 6.03. The highest BCUT2D eigenvalue weighted by Gasteiger charge is 2.30. The Hall–Kier alpha value is -3.37. The van der Waals surface area contributed by atoms with Gasteiger partial charge in [-0.05, 0) is 38.3 Å². The van der Waals surface area contributed by atoms with Crippen LogP contribution in [0.1, 0.15) is 45.4 Å². The van der Waals surface area contributed by atoms with Gasteiger partial charge in [0.1, 0.15) is 11.6 Å². The number of amides is 1. The molecule has 1 aliphatic rings. The highest BCUT2D eigenvalue weighted by atomic mass is 19.4. The van der Waals surface area contributed by atoms with E-state index in [1.807, 2.05) is 17.9 Å². The third-order valence-corrected chi connectivity index (χ3v) is 4.98. The van der Waals surface area contributed by atoms with Gasteiger partial charge in [0.05, 0.1) is 30.0 Å². The Morgan fingerprint density at radius 2 is 2.10 bits per heavy atom. The third kappa shape index (κ3) is 4.70. The van der Waals surface area contributed by atoms with Crippen LogP contribution in [0.15, 0.2) is 27.5 Å². The topological polar surface area (TPSA) is 97.3 Å².